The third-order valence-corrected chi connectivity index (χ3v) is 4.24. The molecule has 1 aromatic rings. The van der Waals surface area contributed by atoms with E-state index in [2.05, 4.69) is 50.4 Å². The molecule has 112 valence electrons. The Kier molecular flexibility index (Phi) is 6.06. The molecule has 2 unspecified atom stereocenters. The van der Waals surface area contributed by atoms with E-state index >= 15 is 0 Å². The van der Waals surface area contributed by atoms with Crippen LogP contribution in [0.4, 0.5) is 0 Å². The first-order chi connectivity index (χ1) is 9.72. The van der Waals surface area contributed by atoms with Crippen molar-refractivity contribution >= 4 is 0 Å². The first-order valence-corrected chi connectivity index (χ1v) is 8.13. The highest BCUT2D eigenvalue weighted by atomic mass is 16.5. The maximum atomic E-state index is 5.69. The molecule has 1 fully saturated rings. The van der Waals surface area contributed by atoms with Gasteiger partial charge >= 0.3 is 0 Å². The monoisotopic (exact) mass is 275 g/mol. The minimum Gasteiger partial charge on any atom is -0.381 e. The lowest BCUT2D eigenvalue weighted by molar-refractivity contribution is 0.0390. The number of benzene rings is 1. The second-order valence-corrected chi connectivity index (χ2v) is 6.23. The van der Waals surface area contributed by atoms with Crippen LogP contribution in [0.2, 0.25) is 0 Å². The smallest absolute Gasteiger partial charge is 0.0512 e. The standard InChI is InChI=1S/C18H29NO/c1-4-11-19-18(17-6-5-12-20-13-17)16-9-7-15(8-10-16)14(2)3/h7-10,14,17-19H,4-6,11-13H2,1-3H3. The molecule has 1 saturated heterocycles. The van der Waals surface area contributed by atoms with Crippen LogP contribution in [0.25, 0.3) is 0 Å². The van der Waals surface area contributed by atoms with Crippen molar-refractivity contribution in [3.63, 3.8) is 0 Å². The fourth-order valence-corrected chi connectivity index (χ4v) is 2.97. The van der Waals surface area contributed by atoms with Gasteiger partial charge in [-0.25, -0.2) is 0 Å². The van der Waals surface area contributed by atoms with Gasteiger partial charge in [-0.3, -0.25) is 0 Å². The van der Waals surface area contributed by atoms with E-state index in [0.29, 0.717) is 17.9 Å². The van der Waals surface area contributed by atoms with Crippen molar-refractivity contribution in [3.8, 4) is 0 Å². The molecular weight excluding hydrogens is 246 g/mol. The summed E-state index contributed by atoms with van der Waals surface area (Å²) in [6.45, 7) is 9.63. The van der Waals surface area contributed by atoms with Gasteiger partial charge in [-0.15, -0.1) is 0 Å². The van der Waals surface area contributed by atoms with Crippen molar-refractivity contribution in [2.45, 2.75) is 52.0 Å². The highest BCUT2D eigenvalue weighted by molar-refractivity contribution is 5.27. The van der Waals surface area contributed by atoms with Crippen LogP contribution >= 0.6 is 0 Å². The summed E-state index contributed by atoms with van der Waals surface area (Å²) >= 11 is 0. The summed E-state index contributed by atoms with van der Waals surface area (Å²) in [6.07, 6.45) is 3.64. The van der Waals surface area contributed by atoms with Crippen LogP contribution < -0.4 is 5.32 Å². The molecule has 0 aromatic heterocycles. The van der Waals surface area contributed by atoms with Gasteiger partial charge in [-0.05, 0) is 42.9 Å². The van der Waals surface area contributed by atoms with Gasteiger partial charge in [0.2, 0.25) is 0 Å². The summed E-state index contributed by atoms with van der Waals surface area (Å²) in [5.74, 6) is 1.21. The number of ether oxygens (including phenoxy) is 1. The number of hydrogen-bond donors (Lipinski definition) is 1. The van der Waals surface area contributed by atoms with Gasteiger partial charge in [0.05, 0.1) is 6.61 Å². The molecule has 0 amide bonds. The molecular formula is C18H29NO. The molecule has 1 aromatic carbocycles. The van der Waals surface area contributed by atoms with E-state index < -0.39 is 0 Å². The molecule has 0 spiro atoms. The molecule has 1 N–H and O–H groups in total. The summed E-state index contributed by atoms with van der Waals surface area (Å²) in [6, 6.07) is 9.61. The first kappa shape index (κ1) is 15.5. The van der Waals surface area contributed by atoms with Crippen LogP contribution in [0.5, 0.6) is 0 Å². The van der Waals surface area contributed by atoms with Crippen molar-refractivity contribution in [1.82, 2.24) is 5.32 Å². The minimum absolute atomic E-state index is 0.441. The van der Waals surface area contributed by atoms with Gasteiger partial charge in [-0.1, -0.05) is 45.0 Å². The zero-order valence-electron chi connectivity index (χ0n) is 13.2. The second-order valence-electron chi connectivity index (χ2n) is 6.23. The second kappa shape index (κ2) is 7.80. The van der Waals surface area contributed by atoms with Crippen LogP contribution in [0.3, 0.4) is 0 Å². The van der Waals surface area contributed by atoms with Crippen LogP contribution in [-0.2, 0) is 4.74 Å². The summed E-state index contributed by atoms with van der Waals surface area (Å²) in [4.78, 5) is 0. The maximum absolute atomic E-state index is 5.69. The van der Waals surface area contributed by atoms with Crippen LogP contribution in [0.1, 0.15) is 63.1 Å². The molecule has 2 atom stereocenters. The zero-order valence-corrected chi connectivity index (χ0v) is 13.2. The number of hydrogen-bond acceptors (Lipinski definition) is 2. The van der Waals surface area contributed by atoms with E-state index in [1.54, 1.807) is 0 Å². The highest BCUT2D eigenvalue weighted by Gasteiger charge is 2.25. The molecule has 0 saturated carbocycles. The number of nitrogens with one attached hydrogen (secondary N) is 1. The van der Waals surface area contributed by atoms with Crippen LogP contribution in [0, 0.1) is 5.92 Å². The average molecular weight is 275 g/mol. The fourth-order valence-electron chi connectivity index (χ4n) is 2.97. The van der Waals surface area contributed by atoms with Crippen LogP contribution in [0.15, 0.2) is 24.3 Å². The lowest BCUT2D eigenvalue weighted by Gasteiger charge is -2.31. The molecule has 2 rings (SSSR count). The van der Waals surface area contributed by atoms with E-state index in [4.69, 9.17) is 4.74 Å². The van der Waals surface area contributed by atoms with Gasteiger partial charge in [0.1, 0.15) is 0 Å². The Morgan fingerprint density at radius 1 is 1.20 bits per heavy atom. The Balaban J connectivity index is 2.11. The van der Waals surface area contributed by atoms with Crippen LogP contribution in [-0.4, -0.2) is 19.8 Å². The molecule has 2 nitrogen and oxygen atoms in total. The Morgan fingerprint density at radius 2 is 1.90 bits per heavy atom. The predicted octanol–water partition coefficient (Wildman–Crippen LogP) is 4.28. The van der Waals surface area contributed by atoms with E-state index in [0.717, 1.165) is 19.8 Å². The third-order valence-electron chi connectivity index (χ3n) is 4.24. The van der Waals surface area contributed by atoms with E-state index in [-0.39, 0.29) is 0 Å². The lowest BCUT2D eigenvalue weighted by Crippen LogP contribution is -2.33. The summed E-state index contributed by atoms with van der Waals surface area (Å²) in [7, 11) is 0. The van der Waals surface area contributed by atoms with Crippen molar-refractivity contribution < 1.29 is 4.74 Å². The predicted molar refractivity (Wildman–Crippen MR) is 85.1 cm³/mol. The molecule has 20 heavy (non-hydrogen) atoms. The van der Waals surface area contributed by atoms with E-state index in [1.807, 2.05) is 0 Å². The molecule has 0 radical (unpaired) electrons. The quantitative estimate of drug-likeness (QED) is 0.837. The maximum Gasteiger partial charge on any atom is 0.0512 e. The minimum atomic E-state index is 0.441. The van der Waals surface area contributed by atoms with Gasteiger partial charge in [-0.2, -0.15) is 0 Å². The van der Waals surface area contributed by atoms with Gasteiger partial charge in [0, 0.05) is 18.6 Å². The Labute approximate surface area is 123 Å². The highest BCUT2D eigenvalue weighted by Crippen LogP contribution is 2.29. The normalized spacial score (nSPS) is 21.1. The topological polar surface area (TPSA) is 21.3 Å². The van der Waals surface area contributed by atoms with Gasteiger partial charge in [0.15, 0.2) is 0 Å². The molecule has 2 heteroatoms. The summed E-state index contributed by atoms with van der Waals surface area (Å²) < 4.78 is 5.69. The van der Waals surface area contributed by atoms with Gasteiger partial charge < -0.3 is 10.1 Å². The van der Waals surface area contributed by atoms with Crippen molar-refractivity contribution in [2.75, 3.05) is 19.8 Å². The van der Waals surface area contributed by atoms with Gasteiger partial charge in [0.25, 0.3) is 0 Å². The summed E-state index contributed by atoms with van der Waals surface area (Å²) in [5.41, 5.74) is 2.83. The first-order valence-electron chi connectivity index (χ1n) is 8.13. The zero-order chi connectivity index (χ0) is 14.4. The SMILES string of the molecule is CCCNC(c1ccc(C(C)C)cc1)C1CCCOC1. The van der Waals surface area contributed by atoms with Crippen molar-refractivity contribution in [1.29, 1.82) is 0 Å². The molecule has 1 aliphatic heterocycles. The molecule has 0 aliphatic carbocycles. The average Bonchev–Trinajstić information content (AvgIpc) is 2.49. The molecule has 0 bridgehead atoms. The Bertz CT molecular complexity index is 379. The molecule has 1 heterocycles. The number of rotatable bonds is 6. The lowest BCUT2D eigenvalue weighted by atomic mass is 9.87. The van der Waals surface area contributed by atoms with Crippen molar-refractivity contribution in [3.05, 3.63) is 35.4 Å². The Morgan fingerprint density at radius 3 is 2.45 bits per heavy atom. The Hall–Kier alpha value is -0.860. The van der Waals surface area contributed by atoms with E-state index in [1.165, 1.54) is 30.4 Å². The van der Waals surface area contributed by atoms with Crippen molar-refractivity contribution in [2.24, 2.45) is 5.92 Å². The fraction of sp³-hybridized carbons (Fsp3) is 0.667. The summed E-state index contributed by atoms with van der Waals surface area (Å²) in [5, 5.41) is 3.72. The van der Waals surface area contributed by atoms with E-state index in [9.17, 15) is 0 Å². The third kappa shape index (κ3) is 4.07. The largest absolute Gasteiger partial charge is 0.381 e. The molecule has 1 aliphatic rings.